The number of aliphatic carboxylic acids is 1. The Morgan fingerprint density at radius 1 is 1.26 bits per heavy atom. The standard InChI is InChI=1S/C14H19NO4/c16-13(12-3-1-2-6-19-12)15-8-9-4-5-11(15)10(7-9)14(17)18/h1-2,9-12H,3-8H2,(H,17,18)/t9-,10-,11+,12?/m1/s1. The summed E-state index contributed by atoms with van der Waals surface area (Å²) in [7, 11) is 0. The third-order valence-electron chi connectivity index (χ3n) is 4.56. The van der Waals surface area contributed by atoms with E-state index < -0.39 is 18.0 Å². The number of carbonyl (C=O) groups excluding carboxylic acids is 1. The number of nitrogens with zero attached hydrogens (tertiary/aromatic N) is 1. The molecule has 19 heavy (non-hydrogen) atoms. The van der Waals surface area contributed by atoms with Crippen LogP contribution in [0.2, 0.25) is 0 Å². The number of carboxylic acid groups (broad SMARTS) is 1. The lowest BCUT2D eigenvalue weighted by Crippen LogP contribution is -2.59. The van der Waals surface area contributed by atoms with Gasteiger partial charge >= 0.3 is 5.97 Å². The van der Waals surface area contributed by atoms with Crippen molar-refractivity contribution in [2.24, 2.45) is 11.8 Å². The van der Waals surface area contributed by atoms with Gasteiger partial charge in [0, 0.05) is 19.0 Å². The van der Waals surface area contributed by atoms with E-state index >= 15 is 0 Å². The lowest BCUT2D eigenvalue weighted by Gasteiger charge is -2.49. The number of carboxylic acids is 1. The van der Waals surface area contributed by atoms with Gasteiger partial charge in [0.05, 0.1) is 12.5 Å². The van der Waals surface area contributed by atoms with Crippen LogP contribution < -0.4 is 0 Å². The lowest BCUT2D eigenvalue weighted by molar-refractivity contribution is -0.161. The molecule has 3 heterocycles. The van der Waals surface area contributed by atoms with Gasteiger partial charge in [0.15, 0.2) is 0 Å². The van der Waals surface area contributed by atoms with Gasteiger partial charge in [0.2, 0.25) is 0 Å². The molecule has 0 aromatic carbocycles. The predicted octanol–water partition coefficient (Wildman–Crippen LogP) is 1.04. The van der Waals surface area contributed by atoms with Crippen molar-refractivity contribution in [3.8, 4) is 0 Å². The number of hydrogen-bond acceptors (Lipinski definition) is 3. The summed E-state index contributed by atoms with van der Waals surface area (Å²) in [4.78, 5) is 25.6. The van der Waals surface area contributed by atoms with E-state index in [2.05, 4.69) is 0 Å². The fourth-order valence-electron chi connectivity index (χ4n) is 3.60. The van der Waals surface area contributed by atoms with Crippen molar-refractivity contribution in [1.82, 2.24) is 4.90 Å². The Hall–Kier alpha value is -1.36. The van der Waals surface area contributed by atoms with Crippen LogP contribution in [-0.4, -0.2) is 47.2 Å². The van der Waals surface area contributed by atoms with Crippen LogP contribution in [0.5, 0.6) is 0 Å². The molecule has 0 aromatic heterocycles. The molecule has 2 saturated heterocycles. The maximum Gasteiger partial charge on any atom is 0.308 e. The van der Waals surface area contributed by atoms with E-state index in [0.29, 0.717) is 25.5 Å². The Morgan fingerprint density at radius 2 is 2.11 bits per heavy atom. The van der Waals surface area contributed by atoms with Crippen molar-refractivity contribution in [2.75, 3.05) is 13.2 Å². The van der Waals surface area contributed by atoms with Crippen LogP contribution in [0.1, 0.15) is 25.7 Å². The van der Waals surface area contributed by atoms with Gasteiger partial charge in [-0.15, -0.1) is 0 Å². The SMILES string of the molecule is O=C(O)[C@@H]1C[C@H]2CC[C@@H]1N(C(=O)C1CC=CCO1)C2. The van der Waals surface area contributed by atoms with Gasteiger partial charge in [0.25, 0.3) is 5.91 Å². The van der Waals surface area contributed by atoms with E-state index in [1.54, 1.807) is 4.90 Å². The van der Waals surface area contributed by atoms with E-state index in [0.717, 1.165) is 19.3 Å². The minimum Gasteiger partial charge on any atom is -0.481 e. The topological polar surface area (TPSA) is 66.8 Å². The number of rotatable bonds is 2. The first-order valence-electron chi connectivity index (χ1n) is 6.96. The quantitative estimate of drug-likeness (QED) is 0.758. The fourth-order valence-corrected chi connectivity index (χ4v) is 3.60. The number of piperidine rings is 2. The van der Waals surface area contributed by atoms with Crippen LogP contribution >= 0.6 is 0 Å². The van der Waals surface area contributed by atoms with Crippen LogP contribution in [0.25, 0.3) is 0 Å². The molecule has 1 aliphatic carbocycles. The summed E-state index contributed by atoms with van der Waals surface area (Å²) < 4.78 is 5.47. The van der Waals surface area contributed by atoms with Crippen molar-refractivity contribution >= 4 is 11.9 Å². The summed E-state index contributed by atoms with van der Waals surface area (Å²) in [6, 6.07) is -0.135. The summed E-state index contributed by atoms with van der Waals surface area (Å²) in [5.74, 6) is -0.841. The van der Waals surface area contributed by atoms with E-state index in [1.807, 2.05) is 12.2 Å². The maximum atomic E-state index is 12.5. The van der Waals surface area contributed by atoms with Gasteiger partial charge in [-0.25, -0.2) is 0 Å². The molecule has 0 radical (unpaired) electrons. The summed E-state index contributed by atoms with van der Waals surface area (Å²) in [5, 5.41) is 9.29. The van der Waals surface area contributed by atoms with Gasteiger partial charge in [-0.1, -0.05) is 12.2 Å². The Labute approximate surface area is 112 Å². The molecule has 1 amide bonds. The molecule has 3 fully saturated rings. The zero-order valence-corrected chi connectivity index (χ0v) is 10.8. The number of ether oxygens (including phenoxy) is 1. The molecule has 4 rings (SSSR count). The average Bonchev–Trinajstić information content (AvgIpc) is 2.47. The largest absolute Gasteiger partial charge is 0.481 e. The van der Waals surface area contributed by atoms with Crippen molar-refractivity contribution in [3.63, 3.8) is 0 Å². The second-order valence-electron chi connectivity index (χ2n) is 5.71. The van der Waals surface area contributed by atoms with E-state index in [-0.39, 0.29) is 11.9 Å². The molecule has 1 unspecified atom stereocenters. The predicted molar refractivity (Wildman–Crippen MR) is 67.5 cm³/mol. The molecule has 5 nitrogen and oxygen atoms in total. The Bertz CT molecular complexity index is 420. The summed E-state index contributed by atoms with van der Waals surface area (Å²) in [5.41, 5.74) is 0. The molecule has 104 valence electrons. The lowest BCUT2D eigenvalue weighted by atomic mass is 9.72. The van der Waals surface area contributed by atoms with Crippen molar-refractivity contribution in [2.45, 2.75) is 37.8 Å². The first-order valence-corrected chi connectivity index (χ1v) is 6.96. The highest BCUT2D eigenvalue weighted by Gasteiger charge is 2.47. The zero-order chi connectivity index (χ0) is 13.4. The number of amides is 1. The smallest absolute Gasteiger partial charge is 0.308 e. The highest BCUT2D eigenvalue weighted by molar-refractivity contribution is 5.83. The maximum absolute atomic E-state index is 12.5. The van der Waals surface area contributed by atoms with Crippen LogP contribution in [-0.2, 0) is 14.3 Å². The third kappa shape index (κ3) is 2.27. The minimum absolute atomic E-state index is 0.0231. The first kappa shape index (κ1) is 12.7. The third-order valence-corrected chi connectivity index (χ3v) is 4.56. The van der Waals surface area contributed by atoms with Gasteiger partial charge < -0.3 is 14.7 Å². The highest BCUT2D eigenvalue weighted by atomic mass is 16.5. The molecule has 5 heteroatoms. The van der Waals surface area contributed by atoms with Crippen molar-refractivity contribution in [1.29, 1.82) is 0 Å². The molecule has 0 spiro atoms. The highest BCUT2D eigenvalue weighted by Crippen LogP contribution is 2.39. The van der Waals surface area contributed by atoms with Crippen LogP contribution in [0.4, 0.5) is 0 Å². The zero-order valence-electron chi connectivity index (χ0n) is 10.8. The Kier molecular flexibility index (Phi) is 3.31. The first-order chi connectivity index (χ1) is 9.16. The van der Waals surface area contributed by atoms with Crippen LogP contribution in [0.15, 0.2) is 12.2 Å². The van der Waals surface area contributed by atoms with E-state index in [9.17, 15) is 14.7 Å². The molecule has 1 saturated carbocycles. The summed E-state index contributed by atoms with van der Waals surface area (Å²) in [6.07, 6.45) is 6.63. The number of fused-ring (bicyclic) bond motifs is 3. The molecular weight excluding hydrogens is 246 g/mol. The second-order valence-corrected chi connectivity index (χ2v) is 5.71. The van der Waals surface area contributed by atoms with Gasteiger partial charge in [-0.3, -0.25) is 9.59 Å². The van der Waals surface area contributed by atoms with E-state index in [4.69, 9.17) is 4.74 Å². The van der Waals surface area contributed by atoms with Crippen LogP contribution in [0, 0.1) is 11.8 Å². The van der Waals surface area contributed by atoms with Crippen molar-refractivity contribution < 1.29 is 19.4 Å². The second kappa shape index (κ2) is 4.96. The van der Waals surface area contributed by atoms with Gasteiger partial charge in [-0.05, 0) is 25.2 Å². The average molecular weight is 265 g/mol. The van der Waals surface area contributed by atoms with E-state index in [1.165, 1.54) is 0 Å². The molecule has 1 N–H and O–H groups in total. The number of carbonyl (C=O) groups is 2. The normalized spacial score (nSPS) is 37.4. The Balaban J connectivity index is 1.75. The monoisotopic (exact) mass is 265 g/mol. The molecule has 2 bridgehead atoms. The van der Waals surface area contributed by atoms with Crippen LogP contribution in [0.3, 0.4) is 0 Å². The molecular formula is C14H19NO4. The minimum atomic E-state index is -0.767. The molecule has 3 aliphatic heterocycles. The Morgan fingerprint density at radius 3 is 2.74 bits per heavy atom. The van der Waals surface area contributed by atoms with Gasteiger partial charge in [-0.2, -0.15) is 0 Å². The number of hydrogen-bond donors (Lipinski definition) is 1. The summed E-state index contributed by atoms with van der Waals surface area (Å²) in [6.45, 7) is 1.18. The fraction of sp³-hybridized carbons (Fsp3) is 0.714. The van der Waals surface area contributed by atoms with Crippen molar-refractivity contribution in [3.05, 3.63) is 12.2 Å². The molecule has 4 atom stereocenters. The molecule has 0 aromatic rings. The van der Waals surface area contributed by atoms with Gasteiger partial charge in [0.1, 0.15) is 6.10 Å². The molecule has 4 aliphatic rings. The summed E-state index contributed by atoms with van der Waals surface area (Å²) >= 11 is 0.